The molecule has 0 atom stereocenters. The lowest BCUT2D eigenvalue weighted by Gasteiger charge is -2.08. The van der Waals surface area contributed by atoms with Gasteiger partial charge in [0, 0.05) is 18.7 Å². The van der Waals surface area contributed by atoms with Crippen molar-refractivity contribution in [2.75, 3.05) is 25.5 Å². The van der Waals surface area contributed by atoms with Crippen molar-refractivity contribution in [2.24, 2.45) is 0 Å². The monoisotopic (exact) mass is 256 g/mol. The van der Waals surface area contributed by atoms with Crippen LogP contribution in [0.3, 0.4) is 0 Å². The maximum Gasteiger partial charge on any atom is 0.225 e. The molecule has 0 unspecified atom stereocenters. The van der Waals surface area contributed by atoms with Crippen molar-refractivity contribution in [3.05, 3.63) is 23.2 Å². The topological polar surface area (TPSA) is 50.4 Å². The molecule has 17 heavy (non-hydrogen) atoms. The highest BCUT2D eigenvalue weighted by molar-refractivity contribution is 6.32. The molecular weight excluding hydrogens is 240 g/mol. The minimum atomic E-state index is -0.0350. The minimum absolute atomic E-state index is 0.0350. The summed E-state index contributed by atoms with van der Waals surface area (Å²) in [6.07, 6.45) is 0.442. The van der Waals surface area contributed by atoms with Crippen molar-refractivity contribution in [1.29, 1.82) is 0 Å². The molecule has 2 N–H and O–H groups in total. The molecular formula is C12H17ClN2O2. The van der Waals surface area contributed by atoms with E-state index in [4.69, 9.17) is 16.3 Å². The van der Waals surface area contributed by atoms with Crippen LogP contribution in [-0.2, 0) is 4.79 Å². The third-order valence-electron chi connectivity index (χ3n) is 2.21. The van der Waals surface area contributed by atoms with Gasteiger partial charge in [-0.1, -0.05) is 18.5 Å². The highest BCUT2D eigenvalue weighted by atomic mass is 35.5. The van der Waals surface area contributed by atoms with Crippen LogP contribution in [0.4, 0.5) is 5.69 Å². The van der Waals surface area contributed by atoms with E-state index in [1.807, 2.05) is 6.92 Å². The summed E-state index contributed by atoms with van der Waals surface area (Å²) in [7, 11) is 1.55. The maximum absolute atomic E-state index is 11.5. The van der Waals surface area contributed by atoms with Crippen molar-refractivity contribution >= 4 is 23.2 Å². The van der Waals surface area contributed by atoms with E-state index in [-0.39, 0.29) is 5.91 Å². The van der Waals surface area contributed by atoms with Crippen LogP contribution in [0.1, 0.15) is 13.3 Å². The largest absolute Gasteiger partial charge is 0.495 e. The summed E-state index contributed by atoms with van der Waals surface area (Å²) in [4.78, 5) is 11.5. The summed E-state index contributed by atoms with van der Waals surface area (Å²) in [5.41, 5.74) is 0.678. The summed E-state index contributed by atoms with van der Waals surface area (Å²) in [6, 6.07) is 5.16. The van der Waals surface area contributed by atoms with E-state index < -0.39 is 0 Å². The molecule has 5 heteroatoms. The number of anilines is 1. The number of halogens is 1. The average molecular weight is 257 g/mol. The Morgan fingerprint density at radius 1 is 1.47 bits per heavy atom. The van der Waals surface area contributed by atoms with Gasteiger partial charge in [-0.25, -0.2) is 0 Å². The van der Waals surface area contributed by atoms with Crippen molar-refractivity contribution in [1.82, 2.24) is 5.32 Å². The molecule has 0 aliphatic rings. The Kier molecular flexibility index (Phi) is 5.80. The average Bonchev–Trinajstić information content (AvgIpc) is 2.29. The molecule has 1 aromatic carbocycles. The highest BCUT2D eigenvalue weighted by Crippen LogP contribution is 2.27. The Morgan fingerprint density at radius 2 is 2.24 bits per heavy atom. The van der Waals surface area contributed by atoms with Gasteiger partial charge >= 0.3 is 0 Å². The summed E-state index contributed by atoms with van der Waals surface area (Å²) in [6.45, 7) is 3.54. The fraction of sp³-hybridized carbons (Fsp3) is 0.417. The lowest BCUT2D eigenvalue weighted by Crippen LogP contribution is -2.21. The first-order valence-electron chi connectivity index (χ1n) is 5.51. The van der Waals surface area contributed by atoms with Crippen molar-refractivity contribution in [2.45, 2.75) is 13.3 Å². The summed E-state index contributed by atoms with van der Waals surface area (Å²) in [5.74, 6) is 0.560. The molecule has 0 aliphatic carbocycles. The van der Waals surface area contributed by atoms with Gasteiger partial charge in [0.2, 0.25) is 5.91 Å². The van der Waals surface area contributed by atoms with E-state index in [2.05, 4.69) is 10.6 Å². The standard InChI is InChI=1S/C12H17ClN2O2/c1-3-14-7-6-12(16)15-9-4-5-11(17-2)10(13)8-9/h4-5,8,14H,3,6-7H2,1-2H3,(H,15,16). The zero-order valence-corrected chi connectivity index (χ0v) is 10.8. The number of carbonyl (C=O) groups is 1. The second-order valence-corrected chi connectivity index (χ2v) is 3.91. The van der Waals surface area contributed by atoms with Gasteiger partial charge in [0.25, 0.3) is 0 Å². The quantitative estimate of drug-likeness (QED) is 0.768. The van der Waals surface area contributed by atoms with Crippen LogP contribution in [0.5, 0.6) is 5.75 Å². The second kappa shape index (κ2) is 7.14. The molecule has 0 saturated heterocycles. The first-order chi connectivity index (χ1) is 8.17. The Labute approximate surface area is 106 Å². The smallest absolute Gasteiger partial charge is 0.225 e. The molecule has 94 valence electrons. The van der Waals surface area contributed by atoms with E-state index in [0.29, 0.717) is 29.4 Å². The number of amides is 1. The number of nitrogens with one attached hydrogen (secondary N) is 2. The number of methoxy groups -OCH3 is 1. The van der Waals surface area contributed by atoms with Crippen LogP contribution in [0.2, 0.25) is 5.02 Å². The van der Waals surface area contributed by atoms with E-state index >= 15 is 0 Å². The summed E-state index contributed by atoms with van der Waals surface area (Å²) >= 11 is 5.95. The van der Waals surface area contributed by atoms with Crippen LogP contribution in [-0.4, -0.2) is 26.1 Å². The van der Waals surface area contributed by atoms with Gasteiger partial charge in [-0.2, -0.15) is 0 Å². The fourth-order valence-electron chi connectivity index (χ4n) is 1.35. The molecule has 0 bridgehead atoms. The fourth-order valence-corrected chi connectivity index (χ4v) is 1.60. The number of carbonyl (C=O) groups excluding carboxylic acids is 1. The zero-order valence-electron chi connectivity index (χ0n) is 10.0. The highest BCUT2D eigenvalue weighted by Gasteiger charge is 2.05. The summed E-state index contributed by atoms with van der Waals surface area (Å²) in [5, 5.41) is 6.35. The lowest BCUT2D eigenvalue weighted by molar-refractivity contribution is -0.116. The van der Waals surface area contributed by atoms with E-state index in [1.54, 1.807) is 25.3 Å². The number of hydrogen-bond acceptors (Lipinski definition) is 3. The Bertz CT molecular complexity index is 383. The third-order valence-corrected chi connectivity index (χ3v) is 2.51. The molecule has 0 fully saturated rings. The summed E-state index contributed by atoms with van der Waals surface area (Å²) < 4.78 is 5.03. The first-order valence-corrected chi connectivity index (χ1v) is 5.89. The molecule has 0 saturated carbocycles. The molecule has 0 heterocycles. The van der Waals surface area contributed by atoms with Crippen LogP contribution < -0.4 is 15.4 Å². The molecule has 0 aliphatic heterocycles. The number of hydrogen-bond donors (Lipinski definition) is 2. The van der Waals surface area contributed by atoms with Gasteiger partial charge in [-0.3, -0.25) is 4.79 Å². The van der Waals surface area contributed by atoms with Crippen LogP contribution in [0.15, 0.2) is 18.2 Å². The van der Waals surface area contributed by atoms with Crippen LogP contribution >= 0.6 is 11.6 Å². The molecule has 4 nitrogen and oxygen atoms in total. The second-order valence-electron chi connectivity index (χ2n) is 3.50. The van der Waals surface area contributed by atoms with Gasteiger partial charge < -0.3 is 15.4 Å². The number of benzene rings is 1. The van der Waals surface area contributed by atoms with Crippen molar-refractivity contribution < 1.29 is 9.53 Å². The van der Waals surface area contributed by atoms with E-state index in [1.165, 1.54) is 0 Å². The van der Waals surface area contributed by atoms with Gasteiger partial charge in [0.15, 0.2) is 0 Å². The first kappa shape index (κ1) is 13.8. The molecule has 1 aromatic rings. The minimum Gasteiger partial charge on any atom is -0.495 e. The Hall–Kier alpha value is -1.26. The normalized spacial score (nSPS) is 10.1. The number of ether oxygens (including phenoxy) is 1. The number of rotatable bonds is 6. The van der Waals surface area contributed by atoms with E-state index in [0.717, 1.165) is 6.54 Å². The molecule has 0 radical (unpaired) electrons. The molecule has 0 aromatic heterocycles. The van der Waals surface area contributed by atoms with Crippen LogP contribution in [0.25, 0.3) is 0 Å². The SMILES string of the molecule is CCNCCC(=O)Nc1ccc(OC)c(Cl)c1. The molecule has 1 amide bonds. The predicted octanol–water partition coefficient (Wildman–Crippen LogP) is 2.29. The predicted molar refractivity (Wildman–Crippen MR) is 69.8 cm³/mol. The van der Waals surface area contributed by atoms with Gasteiger partial charge in [0.05, 0.1) is 12.1 Å². The van der Waals surface area contributed by atoms with Crippen LogP contribution in [0, 0.1) is 0 Å². The van der Waals surface area contributed by atoms with Crippen molar-refractivity contribution in [3.63, 3.8) is 0 Å². The molecule has 0 spiro atoms. The molecule has 1 rings (SSSR count). The zero-order chi connectivity index (χ0) is 12.7. The van der Waals surface area contributed by atoms with E-state index in [9.17, 15) is 4.79 Å². The van der Waals surface area contributed by atoms with Gasteiger partial charge in [0.1, 0.15) is 5.75 Å². The Morgan fingerprint density at radius 3 is 2.82 bits per heavy atom. The third kappa shape index (κ3) is 4.63. The lowest BCUT2D eigenvalue weighted by atomic mass is 10.3. The Balaban J connectivity index is 2.51. The van der Waals surface area contributed by atoms with Gasteiger partial charge in [-0.15, -0.1) is 0 Å². The van der Waals surface area contributed by atoms with Gasteiger partial charge in [-0.05, 0) is 24.7 Å². The van der Waals surface area contributed by atoms with Crippen molar-refractivity contribution in [3.8, 4) is 5.75 Å². The maximum atomic E-state index is 11.5.